The maximum Gasteiger partial charge on any atom is 0.0690 e. The number of aliphatic hydroxyl groups is 1. The summed E-state index contributed by atoms with van der Waals surface area (Å²) in [5.74, 6) is 0. The van der Waals surface area contributed by atoms with Gasteiger partial charge in [0.2, 0.25) is 0 Å². The van der Waals surface area contributed by atoms with Gasteiger partial charge in [0.15, 0.2) is 0 Å². The zero-order valence-corrected chi connectivity index (χ0v) is 10.4. The van der Waals surface area contributed by atoms with E-state index in [2.05, 4.69) is 24.3 Å². The van der Waals surface area contributed by atoms with E-state index in [0.29, 0.717) is 5.41 Å². The van der Waals surface area contributed by atoms with Crippen molar-refractivity contribution in [1.29, 1.82) is 0 Å². The van der Waals surface area contributed by atoms with Crippen molar-refractivity contribution < 1.29 is 9.84 Å². The topological polar surface area (TPSA) is 29.5 Å². The molecule has 0 bridgehead atoms. The molecule has 1 N–H and O–H groups in total. The van der Waals surface area contributed by atoms with Crippen molar-refractivity contribution >= 4 is 0 Å². The van der Waals surface area contributed by atoms with Crippen LogP contribution in [0.1, 0.15) is 36.8 Å². The second-order valence-electron chi connectivity index (χ2n) is 5.81. The van der Waals surface area contributed by atoms with E-state index in [4.69, 9.17) is 4.74 Å². The van der Waals surface area contributed by atoms with Crippen LogP contribution in [0.2, 0.25) is 0 Å². The zero-order chi connectivity index (χ0) is 11.9. The normalized spacial score (nSPS) is 23.4. The van der Waals surface area contributed by atoms with Crippen LogP contribution in [0.5, 0.6) is 0 Å². The third-order valence-corrected chi connectivity index (χ3v) is 4.20. The molecule has 3 rings (SSSR count). The maximum absolute atomic E-state index is 9.89. The van der Waals surface area contributed by atoms with Crippen molar-refractivity contribution in [3.8, 4) is 0 Å². The van der Waals surface area contributed by atoms with Gasteiger partial charge in [-0.3, -0.25) is 0 Å². The van der Waals surface area contributed by atoms with Crippen LogP contribution in [-0.2, 0) is 16.6 Å². The highest BCUT2D eigenvalue weighted by Crippen LogP contribution is 2.48. The molecule has 2 fully saturated rings. The van der Waals surface area contributed by atoms with Crippen molar-refractivity contribution in [3.63, 3.8) is 0 Å². The van der Waals surface area contributed by atoms with E-state index >= 15 is 0 Å². The quantitative estimate of drug-likeness (QED) is 0.845. The number of rotatable bonds is 5. The van der Waals surface area contributed by atoms with E-state index in [1.807, 2.05) is 0 Å². The smallest absolute Gasteiger partial charge is 0.0690 e. The van der Waals surface area contributed by atoms with Gasteiger partial charge in [-0.2, -0.15) is 0 Å². The predicted molar refractivity (Wildman–Crippen MR) is 67.1 cm³/mol. The van der Waals surface area contributed by atoms with E-state index in [1.165, 1.54) is 24.0 Å². The van der Waals surface area contributed by atoms with Crippen LogP contribution in [0, 0.1) is 0 Å². The lowest BCUT2D eigenvalue weighted by molar-refractivity contribution is 0.151. The molecule has 2 aliphatic carbocycles. The molecule has 2 aliphatic rings. The van der Waals surface area contributed by atoms with Crippen molar-refractivity contribution in [3.05, 3.63) is 35.4 Å². The molecule has 0 saturated heterocycles. The molecule has 0 aliphatic heterocycles. The summed E-state index contributed by atoms with van der Waals surface area (Å²) in [6, 6.07) is 8.77. The van der Waals surface area contributed by atoms with Crippen LogP contribution in [0.15, 0.2) is 24.3 Å². The van der Waals surface area contributed by atoms with Crippen LogP contribution in [0.4, 0.5) is 0 Å². The Morgan fingerprint density at radius 1 is 1.12 bits per heavy atom. The molecule has 0 atom stereocenters. The van der Waals surface area contributed by atoms with Crippen molar-refractivity contribution in [2.75, 3.05) is 13.7 Å². The van der Waals surface area contributed by atoms with Crippen LogP contribution in [0.3, 0.4) is 0 Å². The molecule has 0 spiro atoms. The molecular formula is C15H20O2. The lowest BCUT2D eigenvalue weighted by atomic mass is 9.94. The Hall–Kier alpha value is -0.860. The molecule has 17 heavy (non-hydrogen) atoms. The minimum atomic E-state index is -0.384. The maximum atomic E-state index is 9.89. The molecule has 0 radical (unpaired) electrons. The molecule has 0 aromatic heterocycles. The number of methoxy groups -OCH3 is 1. The summed E-state index contributed by atoms with van der Waals surface area (Å²) in [6.07, 6.45) is 5.21. The molecule has 2 saturated carbocycles. The van der Waals surface area contributed by atoms with Crippen molar-refractivity contribution in [2.45, 2.75) is 43.1 Å². The van der Waals surface area contributed by atoms with Crippen LogP contribution >= 0.6 is 0 Å². The minimum absolute atomic E-state index is 0.295. The van der Waals surface area contributed by atoms with Gasteiger partial charge in [-0.05, 0) is 36.8 Å². The fraction of sp³-hybridized carbons (Fsp3) is 0.600. The monoisotopic (exact) mass is 232 g/mol. The summed E-state index contributed by atoms with van der Waals surface area (Å²) in [4.78, 5) is 0. The van der Waals surface area contributed by atoms with Gasteiger partial charge in [-0.25, -0.2) is 0 Å². The Kier molecular flexibility index (Phi) is 2.53. The molecule has 0 unspecified atom stereocenters. The Morgan fingerprint density at radius 3 is 2.24 bits per heavy atom. The average Bonchev–Trinajstić information content (AvgIpc) is 3.21. The summed E-state index contributed by atoms with van der Waals surface area (Å²) in [5.41, 5.74) is 2.56. The van der Waals surface area contributed by atoms with E-state index in [-0.39, 0.29) is 5.60 Å². The summed E-state index contributed by atoms with van der Waals surface area (Å²) >= 11 is 0. The Balaban J connectivity index is 1.71. The van der Waals surface area contributed by atoms with Gasteiger partial charge in [0.1, 0.15) is 0 Å². The van der Waals surface area contributed by atoms with Gasteiger partial charge < -0.3 is 9.84 Å². The van der Waals surface area contributed by atoms with Crippen molar-refractivity contribution in [2.24, 2.45) is 0 Å². The third-order valence-electron chi connectivity index (χ3n) is 4.20. The van der Waals surface area contributed by atoms with Crippen LogP contribution in [0.25, 0.3) is 0 Å². The van der Waals surface area contributed by atoms with Gasteiger partial charge >= 0.3 is 0 Å². The third kappa shape index (κ3) is 2.24. The summed E-state index contributed by atoms with van der Waals surface area (Å²) in [7, 11) is 1.77. The molecular weight excluding hydrogens is 212 g/mol. The van der Waals surface area contributed by atoms with Gasteiger partial charge in [0.25, 0.3) is 0 Å². The SMILES string of the molecule is COCC1(c2ccc(CC3(O)CC3)cc2)CC1. The first kappa shape index (κ1) is 11.2. The molecule has 0 amide bonds. The van der Waals surface area contributed by atoms with E-state index in [9.17, 15) is 5.11 Å². The summed E-state index contributed by atoms with van der Waals surface area (Å²) < 4.78 is 5.30. The number of hydrogen-bond acceptors (Lipinski definition) is 2. The Bertz CT molecular complexity index is 399. The molecule has 92 valence electrons. The molecule has 2 heteroatoms. The lowest BCUT2D eigenvalue weighted by Crippen LogP contribution is -2.14. The van der Waals surface area contributed by atoms with E-state index < -0.39 is 0 Å². The first-order valence-corrected chi connectivity index (χ1v) is 6.47. The standard InChI is InChI=1S/C15H20O2/c1-17-11-14(6-7-14)13-4-2-12(3-5-13)10-15(16)8-9-15/h2-5,16H,6-11H2,1H3. The largest absolute Gasteiger partial charge is 0.390 e. The van der Waals surface area contributed by atoms with E-state index in [0.717, 1.165) is 25.9 Å². The van der Waals surface area contributed by atoms with Gasteiger partial charge in [-0.1, -0.05) is 24.3 Å². The molecule has 1 aromatic carbocycles. The first-order chi connectivity index (χ1) is 8.16. The molecule has 1 aromatic rings. The average molecular weight is 232 g/mol. The van der Waals surface area contributed by atoms with Gasteiger partial charge in [-0.15, -0.1) is 0 Å². The summed E-state index contributed by atoms with van der Waals surface area (Å²) in [5, 5.41) is 9.89. The lowest BCUT2D eigenvalue weighted by Gasteiger charge is -2.15. The van der Waals surface area contributed by atoms with Gasteiger partial charge in [0, 0.05) is 18.9 Å². The summed E-state index contributed by atoms with van der Waals surface area (Å²) in [6.45, 7) is 0.830. The molecule has 0 heterocycles. The highest BCUT2D eigenvalue weighted by atomic mass is 16.5. The minimum Gasteiger partial charge on any atom is -0.390 e. The zero-order valence-electron chi connectivity index (χ0n) is 10.4. The number of benzene rings is 1. The highest BCUT2D eigenvalue weighted by molar-refractivity contribution is 5.34. The second-order valence-corrected chi connectivity index (χ2v) is 5.81. The van der Waals surface area contributed by atoms with Crippen LogP contribution in [-0.4, -0.2) is 24.4 Å². The Labute approximate surface area is 103 Å². The highest BCUT2D eigenvalue weighted by Gasteiger charge is 2.44. The Morgan fingerprint density at radius 2 is 1.76 bits per heavy atom. The van der Waals surface area contributed by atoms with Gasteiger partial charge in [0.05, 0.1) is 12.2 Å². The van der Waals surface area contributed by atoms with E-state index in [1.54, 1.807) is 7.11 Å². The fourth-order valence-electron chi connectivity index (χ4n) is 2.62. The van der Waals surface area contributed by atoms with Crippen molar-refractivity contribution in [1.82, 2.24) is 0 Å². The fourth-order valence-corrected chi connectivity index (χ4v) is 2.62. The first-order valence-electron chi connectivity index (χ1n) is 6.47. The second kappa shape index (κ2) is 3.82. The predicted octanol–water partition coefficient (Wildman–Crippen LogP) is 2.43. The van der Waals surface area contributed by atoms with Crippen LogP contribution < -0.4 is 0 Å². The number of hydrogen-bond donors (Lipinski definition) is 1. The number of ether oxygens (including phenoxy) is 1. The molecule has 2 nitrogen and oxygen atoms in total.